The molecule has 5 rings (SSSR count). The van der Waals surface area contributed by atoms with Crippen LogP contribution in [-0.2, 0) is 20.8 Å². The van der Waals surface area contributed by atoms with Crippen molar-refractivity contribution in [2.45, 2.75) is 38.1 Å². The van der Waals surface area contributed by atoms with Gasteiger partial charge in [-0.25, -0.2) is 0 Å². The lowest BCUT2D eigenvalue weighted by Gasteiger charge is -2.52. The number of nitrogens with zero attached hydrogens (tertiary/aromatic N) is 3. The van der Waals surface area contributed by atoms with Gasteiger partial charge in [-0.3, -0.25) is 14.4 Å². The highest BCUT2D eigenvalue weighted by Gasteiger charge is 2.44. The van der Waals surface area contributed by atoms with Gasteiger partial charge in [0, 0.05) is 38.3 Å². The molecule has 0 aliphatic carbocycles. The number of ether oxygens (including phenoxy) is 2. The molecule has 3 atom stereocenters. The van der Waals surface area contributed by atoms with Crippen molar-refractivity contribution in [1.82, 2.24) is 14.7 Å². The van der Waals surface area contributed by atoms with Crippen LogP contribution in [0.15, 0.2) is 18.3 Å². The molecule has 0 N–H and O–H groups in total. The summed E-state index contributed by atoms with van der Waals surface area (Å²) < 4.78 is 10.7. The molecule has 176 valence electrons. The molecule has 3 fully saturated rings. The number of carbonyl (C=O) groups excluding carboxylic acids is 3. The molecule has 3 saturated heterocycles. The van der Waals surface area contributed by atoms with E-state index in [-0.39, 0.29) is 36.7 Å². The van der Waals surface area contributed by atoms with Crippen LogP contribution in [0, 0.1) is 11.8 Å². The summed E-state index contributed by atoms with van der Waals surface area (Å²) in [5, 5.41) is 0. The Bertz CT molecular complexity index is 1010. The molecule has 0 saturated carbocycles. The van der Waals surface area contributed by atoms with Crippen LogP contribution in [0.4, 0.5) is 0 Å². The zero-order chi connectivity index (χ0) is 23.1. The maximum absolute atomic E-state index is 13.2. The standard InChI is InChI=1S/C25H31N3O5/c1-32-21-9-17-6-7-26(24(30)11-18(17)10-22(21)33-2)15-25(31)27-12-16-8-19(14-27)20-4-3-5-23(29)28(20)13-16/h6-7,9-10,16,19-20H,3-5,8,11-15H2,1-2H3/t16-,19+,20+/m1/s1. The Morgan fingerprint density at radius 1 is 1.06 bits per heavy atom. The van der Waals surface area contributed by atoms with E-state index in [0.29, 0.717) is 42.8 Å². The molecule has 33 heavy (non-hydrogen) atoms. The van der Waals surface area contributed by atoms with Gasteiger partial charge in [0.05, 0.1) is 20.6 Å². The van der Waals surface area contributed by atoms with Crippen LogP contribution in [0.1, 0.15) is 36.8 Å². The largest absolute Gasteiger partial charge is 0.493 e. The van der Waals surface area contributed by atoms with Gasteiger partial charge in [-0.1, -0.05) is 0 Å². The van der Waals surface area contributed by atoms with Gasteiger partial charge >= 0.3 is 0 Å². The van der Waals surface area contributed by atoms with Gasteiger partial charge in [-0.05, 0) is 60.4 Å². The maximum atomic E-state index is 13.2. The van der Waals surface area contributed by atoms with Crippen LogP contribution in [0.2, 0.25) is 0 Å². The number of methoxy groups -OCH3 is 2. The average molecular weight is 454 g/mol. The van der Waals surface area contributed by atoms with Crippen molar-refractivity contribution in [2.24, 2.45) is 11.8 Å². The number of likely N-dealkylation sites (tertiary alicyclic amines) is 1. The molecular weight excluding hydrogens is 422 g/mol. The number of benzene rings is 1. The van der Waals surface area contributed by atoms with Crippen LogP contribution in [-0.4, -0.2) is 78.9 Å². The van der Waals surface area contributed by atoms with E-state index in [0.717, 1.165) is 36.9 Å². The van der Waals surface area contributed by atoms with Crippen LogP contribution in [0.5, 0.6) is 11.5 Å². The molecule has 1 aromatic rings. The van der Waals surface area contributed by atoms with Crippen molar-refractivity contribution >= 4 is 23.8 Å². The Balaban J connectivity index is 1.27. The van der Waals surface area contributed by atoms with Crippen molar-refractivity contribution in [2.75, 3.05) is 40.4 Å². The SMILES string of the molecule is COc1cc2c(cc1OC)CC(=O)N(CC(=O)N1C[C@H]3C[C@@H](C1)[C@@H]1CCCC(=O)N1C3)C=C2. The summed E-state index contributed by atoms with van der Waals surface area (Å²) in [6.45, 7) is 2.12. The molecule has 4 heterocycles. The van der Waals surface area contributed by atoms with E-state index in [4.69, 9.17) is 9.47 Å². The van der Waals surface area contributed by atoms with Crippen LogP contribution >= 0.6 is 0 Å². The van der Waals surface area contributed by atoms with Gasteiger partial charge in [-0.15, -0.1) is 0 Å². The van der Waals surface area contributed by atoms with E-state index in [1.54, 1.807) is 20.4 Å². The second-order valence-corrected chi connectivity index (χ2v) is 9.59. The van der Waals surface area contributed by atoms with Crippen molar-refractivity contribution in [3.05, 3.63) is 29.5 Å². The summed E-state index contributed by atoms with van der Waals surface area (Å²) in [5.74, 6) is 1.97. The summed E-state index contributed by atoms with van der Waals surface area (Å²) in [7, 11) is 3.15. The molecule has 0 unspecified atom stereocenters. The van der Waals surface area contributed by atoms with E-state index in [9.17, 15) is 14.4 Å². The van der Waals surface area contributed by atoms with Crippen molar-refractivity contribution < 1.29 is 23.9 Å². The molecule has 8 heteroatoms. The monoisotopic (exact) mass is 453 g/mol. The second kappa shape index (κ2) is 8.72. The smallest absolute Gasteiger partial charge is 0.242 e. The highest BCUT2D eigenvalue weighted by atomic mass is 16.5. The minimum atomic E-state index is -0.119. The zero-order valence-electron chi connectivity index (χ0n) is 19.3. The molecule has 3 amide bonds. The lowest BCUT2D eigenvalue weighted by molar-refractivity contribution is -0.150. The Labute approximate surface area is 194 Å². The van der Waals surface area contributed by atoms with E-state index in [1.165, 1.54) is 4.90 Å². The number of amides is 3. The second-order valence-electron chi connectivity index (χ2n) is 9.59. The van der Waals surface area contributed by atoms with Crippen molar-refractivity contribution in [1.29, 1.82) is 0 Å². The summed E-state index contributed by atoms with van der Waals surface area (Å²) >= 11 is 0. The summed E-state index contributed by atoms with van der Waals surface area (Å²) in [5.41, 5.74) is 1.73. The lowest BCUT2D eigenvalue weighted by Crippen LogP contribution is -2.61. The van der Waals surface area contributed by atoms with E-state index < -0.39 is 0 Å². The predicted molar refractivity (Wildman–Crippen MR) is 122 cm³/mol. The Morgan fingerprint density at radius 2 is 1.85 bits per heavy atom. The first-order valence-corrected chi connectivity index (χ1v) is 11.8. The predicted octanol–water partition coefficient (Wildman–Crippen LogP) is 1.92. The van der Waals surface area contributed by atoms with Crippen LogP contribution in [0.3, 0.4) is 0 Å². The minimum absolute atomic E-state index is 0.0283. The van der Waals surface area contributed by atoms with E-state index in [2.05, 4.69) is 4.90 Å². The number of hydrogen-bond acceptors (Lipinski definition) is 5. The molecule has 0 spiro atoms. The highest BCUT2D eigenvalue weighted by molar-refractivity contribution is 5.89. The average Bonchev–Trinajstić information content (AvgIpc) is 2.96. The zero-order valence-corrected chi connectivity index (χ0v) is 19.3. The number of fused-ring (bicyclic) bond motifs is 5. The number of carbonyl (C=O) groups is 3. The number of hydrogen-bond donors (Lipinski definition) is 0. The fraction of sp³-hybridized carbons (Fsp3) is 0.560. The van der Waals surface area contributed by atoms with E-state index >= 15 is 0 Å². The van der Waals surface area contributed by atoms with Gasteiger partial charge in [0.2, 0.25) is 17.7 Å². The normalized spacial score (nSPS) is 26.5. The van der Waals surface area contributed by atoms with Crippen molar-refractivity contribution in [3.8, 4) is 11.5 Å². The summed E-state index contributed by atoms with van der Waals surface area (Å²) in [6.07, 6.45) is 7.46. The first-order chi connectivity index (χ1) is 16.0. The first kappa shape index (κ1) is 21.8. The maximum Gasteiger partial charge on any atom is 0.242 e. The Hall–Kier alpha value is -3.03. The Morgan fingerprint density at radius 3 is 2.64 bits per heavy atom. The number of rotatable bonds is 4. The summed E-state index contributed by atoms with van der Waals surface area (Å²) in [6, 6.07) is 3.94. The third-order valence-electron chi connectivity index (χ3n) is 7.58. The Kier molecular flexibility index (Phi) is 5.76. The lowest BCUT2D eigenvalue weighted by atomic mass is 9.76. The van der Waals surface area contributed by atoms with Gasteiger partial charge in [0.15, 0.2) is 11.5 Å². The van der Waals surface area contributed by atoms with Gasteiger partial charge < -0.3 is 24.2 Å². The number of piperidine rings is 3. The van der Waals surface area contributed by atoms with Crippen LogP contribution < -0.4 is 9.47 Å². The van der Waals surface area contributed by atoms with Gasteiger partial charge in [-0.2, -0.15) is 0 Å². The molecule has 0 radical (unpaired) electrons. The third-order valence-corrected chi connectivity index (χ3v) is 7.58. The highest BCUT2D eigenvalue weighted by Crippen LogP contribution is 2.38. The molecule has 0 aromatic heterocycles. The van der Waals surface area contributed by atoms with Crippen molar-refractivity contribution in [3.63, 3.8) is 0 Å². The molecule has 1 aromatic carbocycles. The topological polar surface area (TPSA) is 79.4 Å². The third kappa shape index (κ3) is 4.07. The molecule has 4 aliphatic rings. The molecular formula is C25H31N3O5. The summed E-state index contributed by atoms with van der Waals surface area (Å²) in [4.78, 5) is 44.1. The fourth-order valence-corrected chi connectivity index (χ4v) is 5.96. The quantitative estimate of drug-likeness (QED) is 0.696. The minimum Gasteiger partial charge on any atom is -0.493 e. The molecule has 8 nitrogen and oxygen atoms in total. The van der Waals surface area contributed by atoms with Gasteiger partial charge in [0.25, 0.3) is 0 Å². The van der Waals surface area contributed by atoms with E-state index in [1.807, 2.05) is 23.1 Å². The first-order valence-electron chi connectivity index (χ1n) is 11.8. The molecule has 2 bridgehead atoms. The van der Waals surface area contributed by atoms with Crippen LogP contribution in [0.25, 0.3) is 6.08 Å². The molecule has 4 aliphatic heterocycles. The van der Waals surface area contributed by atoms with Gasteiger partial charge in [0.1, 0.15) is 6.54 Å². The fourth-order valence-electron chi connectivity index (χ4n) is 5.96.